The summed E-state index contributed by atoms with van der Waals surface area (Å²) in [5.41, 5.74) is 2.52. The molecule has 2 aromatic carbocycles. The normalized spacial score (nSPS) is 10.6. The van der Waals surface area contributed by atoms with Crippen LogP contribution in [0.5, 0.6) is 5.75 Å². The smallest absolute Gasteiger partial charge is 0.278 e. The SMILES string of the molecule is Cc1ccc(F)c(NC(=O)c2noc(C)c2COc2ccccc2C)c1. The van der Waals surface area contributed by atoms with Gasteiger partial charge in [0, 0.05) is 0 Å². The van der Waals surface area contributed by atoms with Crippen molar-refractivity contribution in [2.45, 2.75) is 27.4 Å². The van der Waals surface area contributed by atoms with Gasteiger partial charge in [0.1, 0.15) is 23.9 Å². The number of rotatable bonds is 5. The standard InChI is InChI=1S/C20H19FN2O3/c1-12-8-9-16(21)17(10-12)22-20(24)19-15(14(3)26-23-19)11-25-18-7-5-4-6-13(18)2/h4-10H,11H2,1-3H3,(H,22,24). The summed E-state index contributed by atoms with van der Waals surface area (Å²) in [5, 5.41) is 6.35. The molecule has 3 rings (SSSR count). The number of carbonyl (C=O) groups is 1. The van der Waals surface area contributed by atoms with Gasteiger partial charge < -0.3 is 14.6 Å². The summed E-state index contributed by atoms with van der Waals surface area (Å²) in [4.78, 5) is 12.5. The number of hydrogen-bond donors (Lipinski definition) is 1. The molecule has 0 radical (unpaired) electrons. The average Bonchev–Trinajstić information content (AvgIpc) is 2.98. The maximum Gasteiger partial charge on any atom is 0.278 e. The van der Waals surface area contributed by atoms with Gasteiger partial charge in [-0.25, -0.2) is 4.39 Å². The van der Waals surface area contributed by atoms with E-state index < -0.39 is 11.7 Å². The Labute approximate surface area is 150 Å². The third-order valence-electron chi connectivity index (χ3n) is 4.04. The molecule has 0 fully saturated rings. The predicted molar refractivity (Wildman–Crippen MR) is 95.8 cm³/mol. The number of carbonyl (C=O) groups excluding carboxylic acids is 1. The predicted octanol–water partition coefficient (Wildman–Crippen LogP) is 4.57. The summed E-state index contributed by atoms with van der Waals surface area (Å²) >= 11 is 0. The molecular weight excluding hydrogens is 335 g/mol. The Kier molecular flexibility index (Phi) is 5.02. The van der Waals surface area contributed by atoms with Crippen LogP contribution in [-0.4, -0.2) is 11.1 Å². The van der Waals surface area contributed by atoms with E-state index in [1.54, 1.807) is 19.1 Å². The lowest BCUT2D eigenvalue weighted by atomic mass is 10.1. The molecule has 5 nitrogen and oxygen atoms in total. The van der Waals surface area contributed by atoms with Gasteiger partial charge in [0.2, 0.25) is 0 Å². The highest BCUT2D eigenvalue weighted by Crippen LogP contribution is 2.22. The Hall–Kier alpha value is -3.15. The topological polar surface area (TPSA) is 64.4 Å². The first-order chi connectivity index (χ1) is 12.5. The number of hydrogen-bond acceptors (Lipinski definition) is 4. The van der Waals surface area contributed by atoms with E-state index in [1.165, 1.54) is 6.07 Å². The van der Waals surface area contributed by atoms with Crippen molar-refractivity contribution in [2.24, 2.45) is 0 Å². The largest absolute Gasteiger partial charge is 0.488 e. The molecular formula is C20H19FN2O3. The average molecular weight is 354 g/mol. The summed E-state index contributed by atoms with van der Waals surface area (Å²) in [6.07, 6.45) is 0. The van der Waals surface area contributed by atoms with Crippen molar-refractivity contribution in [3.8, 4) is 5.75 Å². The van der Waals surface area contributed by atoms with E-state index in [2.05, 4.69) is 10.5 Å². The zero-order valence-corrected chi connectivity index (χ0v) is 14.8. The molecule has 1 amide bonds. The molecule has 0 bridgehead atoms. The van der Waals surface area contributed by atoms with Gasteiger partial charge in [0.25, 0.3) is 5.91 Å². The van der Waals surface area contributed by atoms with Crippen LogP contribution >= 0.6 is 0 Å². The van der Waals surface area contributed by atoms with E-state index in [0.717, 1.165) is 11.1 Å². The minimum absolute atomic E-state index is 0.0805. The van der Waals surface area contributed by atoms with E-state index in [4.69, 9.17) is 9.26 Å². The number of aromatic nitrogens is 1. The number of amides is 1. The first-order valence-electron chi connectivity index (χ1n) is 8.17. The maximum absolute atomic E-state index is 13.9. The van der Waals surface area contributed by atoms with Gasteiger partial charge in [-0.15, -0.1) is 0 Å². The molecule has 0 spiro atoms. The summed E-state index contributed by atoms with van der Waals surface area (Å²) in [7, 11) is 0. The third kappa shape index (κ3) is 3.74. The van der Waals surface area contributed by atoms with Crippen molar-refractivity contribution in [1.29, 1.82) is 0 Å². The van der Waals surface area contributed by atoms with E-state index >= 15 is 0 Å². The molecule has 0 aliphatic rings. The molecule has 6 heteroatoms. The lowest BCUT2D eigenvalue weighted by molar-refractivity contribution is 0.101. The van der Waals surface area contributed by atoms with Gasteiger partial charge in [0.05, 0.1) is 11.3 Å². The van der Waals surface area contributed by atoms with Crippen LogP contribution in [0.2, 0.25) is 0 Å². The van der Waals surface area contributed by atoms with Crippen LogP contribution in [-0.2, 0) is 6.61 Å². The summed E-state index contributed by atoms with van der Waals surface area (Å²) in [6, 6.07) is 12.1. The third-order valence-corrected chi connectivity index (χ3v) is 4.04. The zero-order valence-electron chi connectivity index (χ0n) is 14.8. The lowest BCUT2D eigenvalue weighted by Crippen LogP contribution is -2.16. The van der Waals surface area contributed by atoms with Gasteiger partial charge >= 0.3 is 0 Å². The molecule has 134 valence electrons. The Bertz CT molecular complexity index is 950. The molecule has 0 atom stereocenters. The molecule has 1 aromatic heterocycles. The van der Waals surface area contributed by atoms with Gasteiger partial charge in [-0.05, 0) is 50.1 Å². The Balaban J connectivity index is 1.79. The molecule has 0 saturated carbocycles. The van der Waals surface area contributed by atoms with Crippen LogP contribution in [0.1, 0.15) is 32.9 Å². The highest BCUT2D eigenvalue weighted by atomic mass is 19.1. The molecule has 0 saturated heterocycles. The fraction of sp³-hybridized carbons (Fsp3) is 0.200. The van der Waals surface area contributed by atoms with Crippen LogP contribution < -0.4 is 10.1 Å². The first-order valence-corrected chi connectivity index (χ1v) is 8.17. The van der Waals surface area contributed by atoms with Gasteiger partial charge in [-0.1, -0.05) is 29.4 Å². The van der Waals surface area contributed by atoms with E-state index in [-0.39, 0.29) is 18.0 Å². The Morgan fingerprint density at radius 2 is 1.96 bits per heavy atom. The van der Waals surface area contributed by atoms with Crippen LogP contribution in [0.4, 0.5) is 10.1 Å². The van der Waals surface area contributed by atoms with Crippen molar-refractivity contribution in [3.05, 3.63) is 76.4 Å². The highest BCUT2D eigenvalue weighted by molar-refractivity contribution is 6.04. The maximum atomic E-state index is 13.9. The molecule has 26 heavy (non-hydrogen) atoms. The van der Waals surface area contributed by atoms with Crippen LogP contribution in [0.3, 0.4) is 0 Å². The van der Waals surface area contributed by atoms with Crippen LogP contribution in [0.25, 0.3) is 0 Å². The van der Waals surface area contributed by atoms with Gasteiger partial charge in [-0.3, -0.25) is 4.79 Å². The van der Waals surface area contributed by atoms with Crippen LogP contribution in [0.15, 0.2) is 47.0 Å². The Morgan fingerprint density at radius 1 is 1.19 bits per heavy atom. The molecule has 1 heterocycles. The lowest BCUT2D eigenvalue weighted by Gasteiger charge is -2.10. The minimum Gasteiger partial charge on any atom is -0.488 e. The second-order valence-electron chi connectivity index (χ2n) is 6.06. The summed E-state index contributed by atoms with van der Waals surface area (Å²) in [5.74, 6) is 0.134. The second-order valence-corrected chi connectivity index (χ2v) is 6.06. The van der Waals surface area contributed by atoms with E-state index in [0.29, 0.717) is 17.1 Å². The number of para-hydroxylation sites is 1. The quantitative estimate of drug-likeness (QED) is 0.729. The van der Waals surface area contributed by atoms with Gasteiger partial charge in [-0.2, -0.15) is 0 Å². The van der Waals surface area contributed by atoms with Crippen molar-refractivity contribution in [3.63, 3.8) is 0 Å². The number of nitrogens with zero attached hydrogens (tertiary/aromatic N) is 1. The fourth-order valence-electron chi connectivity index (χ4n) is 2.52. The van der Waals surface area contributed by atoms with Crippen LogP contribution in [0, 0.1) is 26.6 Å². The minimum atomic E-state index is -0.547. The highest BCUT2D eigenvalue weighted by Gasteiger charge is 2.21. The molecule has 1 N–H and O–H groups in total. The van der Waals surface area contributed by atoms with Crippen molar-refractivity contribution >= 4 is 11.6 Å². The number of nitrogens with one attached hydrogen (secondary N) is 1. The number of ether oxygens (including phenoxy) is 1. The first kappa shape index (κ1) is 17.7. The zero-order chi connectivity index (χ0) is 18.7. The summed E-state index contributed by atoms with van der Waals surface area (Å²) in [6.45, 7) is 5.58. The fourth-order valence-corrected chi connectivity index (χ4v) is 2.52. The molecule has 0 aliphatic carbocycles. The van der Waals surface area contributed by atoms with Crippen molar-refractivity contribution < 1.29 is 18.4 Å². The second kappa shape index (κ2) is 7.39. The number of anilines is 1. The number of aryl methyl sites for hydroxylation is 3. The van der Waals surface area contributed by atoms with Crippen molar-refractivity contribution in [2.75, 3.05) is 5.32 Å². The van der Waals surface area contributed by atoms with Crippen molar-refractivity contribution in [1.82, 2.24) is 5.16 Å². The van der Waals surface area contributed by atoms with Gasteiger partial charge in [0.15, 0.2) is 5.69 Å². The number of benzene rings is 2. The van der Waals surface area contributed by atoms with E-state index in [1.807, 2.05) is 38.1 Å². The summed E-state index contributed by atoms with van der Waals surface area (Å²) < 4.78 is 24.8. The van der Waals surface area contributed by atoms with E-state index in [9.17, 15) is 9.18 Å². The molecule has 0 aliphatic heterocycles. The molecule has 0 unspecified atom stereocenters. The Morgan fingerprint density at radius 3 is 2.73 bits per heavy atom. The molecule has 3 aromatic rings. The number of halogens is 1. The monoisotopic (exact) mass is 354 g/mol.